The minimum atomic E-state index is 0.395. The van der Waals surface area contributed by atoms with E-state index in [9.17, 15) is 4.79 Å². The van der Waals surface area contributed by atoms with Gasteiger partial charge in [0.2, 0.25) is 5.91 Å². The van der Waals surface area contributed by atoms with E-state index < -0.39 is 0 Å². The standard InChI is InChI=1S/C17H31N3O/c1-2-9-19(15-11-18-12-15)13-17(21)20-10-5-7-14-6-3-4-8-16(14)20/h14-16,18H,2-13H2,1H3. The highest BCUT2D eigenvalue weighted by Gasteiger charge is 2.36. The quantitative estimate of drug-likeness (QED) is 0.840. The van der Waals surface area contributed by atoms with E-state index in [0.29, 0.717) is 24.5 Å². The second-order valence-corrected chi connectivity index (χ2v) is 7.12. The topological polar surface area (TPSA) is 35.6 Å². The second-order valence-electron chi connectivity index (χ2n) is 7.12. The first-order chi connectivity index (χ1) is 10.3. The lowest BCUT2D eigenvalue weighted by molar-refractivity contribution is -0.139. The van der Waals surface area contributed by atoms with Crippen molar-refractivity contribution in [2.45, 2.75) is 64.0 Å². The Morgan fingerprint density at radius 1 is 1.19 bits per heavy atom. The number of carbonyl (C=O) groups is 1. The second kappa shape index (κ2) is 7.10. The van der Waals surface area contributed by atoms with Crippen molar-refractivity contribution in [3.8, 4) is 0 Å². The van der Waals surface area contributed by atoms with Crippen LogP contribution in [0.25, 0.3) is 0 Å². The van der Waals surface area contributed by atoms with Crippen molar-refractivity contribution in [2.75, 3.05) is 32.7 Å². The number of rotatable bonds is 5. The number of nitrogens with one attached hydrogen (secondary N) is 1. The molecule has 4 nitrogen and oxygen atoms in total. The Labute approximate surface area is 129 Å². The first-order valence-electron chi connectivity index (χ1n) is 9.04. The van der Waals surface area contributed by atoms with E-state index in [1.807, 2.05) is 0 Å². The summed E-state index contributed by atoms with van der Waals surface area (Å²) in [6.07, 6.45) is 8.98. The number of carbonyl (C=O) groups excluding carboxylic acids is 1. The summed E-state index contributed by atoms with van der Waals surface area (Å²) in [7, 11) is 0. The molecular formula is C17H31N3O. The molecular weight excluding hydrogens is 262 g/mol. The van der Waals surface area contributed by atoms with E-state index in [0.717, 1.165) is 38.5 Å². The molecule has 4 heteroatoms. The number of hydrogen-bond donors (Lipinski definition) is 1. The number of hydrogen-bond acceptors (Lipinski definition) is 3. The zero-order valence-electron chi connectivity index (χ0n) is 13.5. The van der Waals surface area contributed by atoms with Gasteiger partial charge in [0.15, 0.2) is 0 Å². The third kappa shape index (κ3) is 3.42. The normalized spacial score (nSPS) is 30.1. The Balaban J connectivity index is 1.59. The lowest BCUT2D eigenvalue weighted by atomic mass is 9.78. The average molecular weight is 293 g/mol. The molecule has 0 bridgehead atoms. The van der Waals surface area contributed by atoms with Crippen LogP contribution < -0.4 is 5.32 Å². The fraction of sp³-hybridized carbons (Fsp3) is 0.941. The van der Waals surface area contributed by atoms with Crippen molar-refractivity contribution in [3.05, 3.63) is 0 Å². The fourth-order valence-electron chi connectivity index (χ4n) is 4.41. The Morgan fingerprint density at radius 2 is 1.95 bits per heavy atom. The van der Waals surface area contributed by atoms with Crippen LogP contribution in [-0.4, -0.2) is 60.5 Å². The molecule has 21 heavy (non-hydrogen) atoms. The number of amides is 1. The summed E-state index contributed by atoms with van der Waals surface area (Å²) >= 11 is 0. The monoisotopic (exact) mass is 293 g/mol. The maximum absolute atomic E-state index is 12.8. The van der Waals surface area contributed by atoms with Crippen LogP contribution in [0.15, 0.2) is 0 Å². The number of fused-ring (bicyclic) bond motifs is 1. The smallest absolute Gasteiger partial charge is 0.237 e. The van der Waals surface area contributed by atoms with Gasteiger partial charge in [0, 0.05) is 31.7 Å². The SMILES string of the molecule is CCCN(CC(=O)N1CCCC2CCCCC21)C1CNC1. The molecule has 2 atom stereocenters. The highest BCUT2D eigenvalue weighted by Crippen LogP contribution is 2.35. The zero-order chi connectivity index (χ0) is 14.7. The zero-order valence-corrected chi connectivity index (χ0v) is 13.5. The molecule has 2 unspecified atom stereocenters. The van der Waals surface area contributed by atoms with Crippen molar-refractivity contribution in [3.63, 3.8) is 0 Å². The molecule has 2 aliphatic heterocycles. The summed E-state index contributed by atoms with van der Waals surface area (Å²) in [5, 5.41) is 3.33. The third-order valence-corrected chi connectivity index (χ3v) is 5.69. The average Bonchev–Trinajstić information content (AvgIpc) is 2.45. The van der Waals surface area contributed by atoms with Crippen molar-refractivity contribution in [1.29, 1.82) is 0 Å². The van der Waals surface area contributed by atoms with Crippen LogP contribution in [0.1, 0.15) is 51.9 Å². The van der Waals surface area contributed by atoms with Crippen molar-refractivity contribution in [1.82, 2.24) is 15.1 Å². The van der Waals surface area contributed by atoms with E-state index in [1.54, 1.807) is 0 Å². The van der Waals surface area contributed by atoms with Gasteiger partial charge in [0.05, 0.1) is 6.54 Å². The maximum atomic E-state index is 12.8. The minimum absolute atomic E-state index is 0.395. The van der Waals surface area contributed by atoms with Gasteiger partial charge in [-0.25, -0.2) is 0 Å². The molecule has 1 N–H and O–H groups in total. The summed E-state index contributed by atoms with van der Waals surface area (Å²) in [6.45, 7) is 7.02. The highest BCUT2D eigenvalue weighted by molar-refractivity contribution is 5.78. The molecule has 2 heterocycles. The molecule has 0 spiro atoms. The van der Waals surface area contributed by atoms with Gasteiger partial charge in [-0.3, -0.25) is 9.69 Å². The van der Waals surface area contributed by atoms with E-state index in [-0.39, 0.29) is 0 Å². The summed E-state index contributed by atoms with van der Waals surface area (Å²) in [5.41, 5.74) is 0. The van der Waals surface area contributed by atoms with Crippen LogP contribution in [0.2, 0.25) is 0 Å². The Kier molecular flexibility index (Phi) is 5.17. The number of nitrogens with zero attached hydrogens (tertiary/aromatic N) is 2. The van der Waals surface area contributed by atoms with Gasteiger partial charge in [0.25, 0.3) is 0 Å². The molecule has 1 aliphatic carbocycles. The first-order valence-corrected chi connectivity index (χ1v) is 9.04. The van der Waals surface area contributed by atoms with Gasteiger partial charge in [-0.15, -0.1) is 0 Å². The Morgan fingerprint density at radius 3 is 2.67 bits per heavy atom. The van der Waals surface area contributed by atoms with Gasteiger partial charge >= 0.3 is 0 Å². The highest BCUT2D eigenvalue weighted by atomic mass is 16.2. The molecule has 2 saturated heterocycles. The summed E-state index contributed by atoms with van der Waals surface area (Å²) < 4.78 is 0. The molecule has 0 aromatic heterocycles. The summed E-state index contributed by atoms with van der Waals surface area (Å²) in [5.74, 6) is 1.19. The number of piperidine rings is 1. The van der Waals surface area contributed by atoms with E-state index in [2.05, 4.69) is 22.0 Å². The lowest BCUT2D eigenvalue weighted by Gasteiger charge is -2.45. The predicted molar refractivity (Wildman–Crippen MR) is 85.2 cm³/mol. The van der Waals surface area contributed by atoms with Gasteiger partial charge in [-0.05, 0) is 44.6 Å². The van der Waals surface area contributed by atoms with Crippen molar-refractivity contribution < 1.29 is 4.79 Å². The number of likely N-dealkylation sites (tertiary alicyclic amines) is 1. The van der Waals surface area contributed by atoms with Crippen molar-refractivity contribution in [2.24, 2.45) is 5.92 Å². The molecule has 0 aromatic rings. The molecule has 1 amide bonds. The molecule has 120 valence electrons. The van der Waals surface area contributed by atoms with Gasteiger partial charge in [-0.2, -0.15) is 0 Å². The molecule has 0 aromatic carbocycles. The lowest BCUT2D eigenvalue weighted by Crippen LogP contribution is -2.60. The van der Waals surface area contributed by atoms with Crippen LogP contribution in [0.5, 0.6) is 0 Å². The molecule has 3 fully saturated rings. The predicted octanol–water partition coefficient (Wildman–Crippen LogP) is 1.85. The maximum Gasteiger partial charge on any atom is 0.237 e. The van der Waals surface area contributed by atoms with Crippen molar-refractivity contribution >= 4 is 5.91 Å². The van der Waals surface area contributed by atoms with E-state index in [4.69, 9.17) is 0 Å². The molecule has 3 rings (SSSR count). The molecule has 0 radical (unpaired) electrons. The van der Waals surface area contributed by atoms with Crippen LogP contribution in [-0.2, 0) is 4.79 Å². The largest absolute Gasteiger partial charge is 0.338 e. The van der Waals surface area contributed by atoms with Crippen LogP contribution in [0.4, 0.5) is 0 Å². The summed E-state index contributed by atoms with van der Waals surface area (Å²) in [6, 6.07) is 1.14. The Bertz CT molecular complexity index is 354. The van der Waals surface area contributed by atoms with Gasteiger partial charge < -0.3 is 10.2 Å². The summed E-state index contributed by atoms with van der Waals surface area (Å²) in [4.78, 5) is 17.5. The Hall–Kier alpha value is -0.610. The van der Waals surface area contributed by atoms with E-state index >= 15 is 0 Å². The molecule has 1 saturated carbocycles. The van der Waals surface area contributed by atoms with Crippen LogP contribution in [0.3, 0.4) is 0 Å². The van der Waals surface area contributed by atoms with Crippen LogP contribution >= 0.6 is 0 Å². The minimum Gasteiger partial charge on any atom is -0.338 e. The van der Waals surface area contributed by atoms with E-state index in [1.165, 1.54) is 38.5 Å². The third-order valence-electron chi connectivity index (χ3n) is 5.69. The molecule has 3 aliphatic rings. The fourth-order valence-corrected chi connectivity index (χ4v) is 4.41. The van der Waals surface area contributed by atoms with Gasteiger partial charge in [-0.1, -0.05) is 19.8 Å². The first kappa shape index (κ1) is 15.3. The van der Waals surface area contributed by atoms with Crippen LogP contribution in [0, 0.1) is 5.92 Å². The van der Waals surface area contributed by atoms with Gasteiger partial charge in [0.1, 0.15) is 0 Å².